The van der Waals surface area contributed by atoms with E-state index in [1.54, 1.807) is 36.4 Å². The van der Waals surface area contributed by atoms with Crippen molar-refractivity contribution < 1.29 is 19.1 Å². The maximum absolute atomic E-state index is 13.4. The van der Waals surface area contributed by atoms with Gasteiger partial charge in [-0.1, -0.05) is 42.5 Å². The molecule has 0 spiro atoms. The van der Waals surface area contributed by atoms with E-state index in [4.69, 9.17) is 9.47 Å². The van der Waals surface area contributed by atoms with E-state index in [1.165, 1.54) is 19.1 Å². The number of nitrogens with one attached hydrogen (secondary N) is 1. The van der Waals surface area contributed by atoms with E-state index < -0.39 is 6.04 Å². The lowest BCUT2D eigenvalue weighted by Gasteiger charge is -2.24. The minimum atomic E-state index is -0.833. The third-order valence-electron chi connectivity index (χ3n) is 4.89. The van der Waals surface area contributed by atoms with Gasteiger partial charge in [-0.3, -0.25) is 14.5 Å². The van der Waals surface area contributed by atoms with E-state index in [2.05, 4.69) is 5.32 Å². The molecule has 0 fully saturated rings. The number of hydrogen-bond acceptors (Lipinski definition) is 4. The topological polar surface area (TPSA) is 67.9 Å². The average Bonchev–Trinajstić information content (AvgIpc) is 3.07. The first kappa shape index (κ1) is 18.6. The first-order chi connectivity index (χ1) is 14.2. The summed E-state index contributed by atoms with van der Waals surface area (Å²) in [6.07, 6.45) is 0. The lowest BCUT2D eigenvalue weighted by Crippen LogP contribution is -2.35. The summed E-state index contributed by atoms with van der Waals surface area (Å²) in [7, 11) is 2.99. The van der Waals surface area contributed by atoms with Crippen LogP contribution in [0, 0.1) is 0 Å². The van der Waals surface area contributed by atoms with Crippen LogP contribution in [-0.4, -0.2) is 26.0 Å². The lowest BCUT2D eigenvalue weighted by molar-refractivity contribution is -0.117. The molecular formula is C23H20N2O4. The molecule has 1 unspecified atom stereocenters. The Bertz CT molecular complexity index is 1050. The number of fused-ring (bicyclic) bond motifs is 1. The Labute approximate surface area is 168 Å². The van der Waals surface area contributed by atoms with Crippen molar-refractivity contribution in [2.24, 2.45) is 0 Å². The van der Waals surface area contributed by atoms with Crippen LogP contribution in [0.3, 0.4) is 0 Å². The molecule has 29 heavy (non-hydrogen) atoms. The van der Waals surface area contributed by atoms with Gasteiger partial charge >= 0.3 is 0 Å². The molecule has 1 N–H and O–H groups in total. The highest BCUT2D eigenvalue weighted by Crippen LogP contribution is 2.45. The highest BCUT2D eigenvalue weighted by molar-refractivity contribution is 6.19. The molecule has 1 aliphatic heterocycles. The Hall–Kier alpha value is -3.80. The number of carbonyl (C=O) groups excluding carboxylic acids is 2. The Balaban J connectivity index is 1.84. The van der Waals surface area contributed by atoms with Crippen LogP contribution in [0.25, 0.3) is 0 Å². The number of anilines is 2. The molecule has 146 valence electrons. The molecule has 0 saturated heterocycles. The summed E-state index contributed by atoms with van der Waals surface area (Å²) in [4.78, 5) is 28.2. The number of nitrogens with zero attached hydrogens (tertiary/aromatic N) is 1. The smallest absolute Gasteiger partial charge is 0.263 e. The zero-order chi connectivity index (χ0) is 20.4. The molecular weight excluding hydrogens is 368 g/mol. The number of ether oxygens (including phenoxy) is 2. The van der Waals surface area contributed by atoms with Gasteiger partial charge in [0.05, 0.1) is 19.8 Å². The van der Waals surface area contributed by atoms with E-state index in [0.29, 0.717) is 34.0 Å². The van der Waals surface area contributed by atoms with Crippen LogP contribution in [0.2, 0.25) is 0 Å². The predicted octanol–water partition coefficient (Wildman–Crippen LogP) is 4.04. The number of rotatable bonds is 5. The van der Waals surface area contributed by atoms with Gasteiger partial charge in [0, 0.05) is 16.9 Å². The summed E-state index contributed by atoms with van der Waals surface area (Å²) in [5.74, 6) is 0.150. The molecule has 2 amide bonds. The monoisotopic (exact) mass is 388 g/mol. The Kier molecular flexibility index (Phi) is 4.91. The van der Waals surface area contributed by atoms with Crippen molar-refractivity contribution in [3.05, 3.63) is 83.9 Å². The lowest BCUT2D eigenvalue weighted by atomic mass is 10.0. The first-order valence-electron chi connectivity index (χ1n) is 9.15. The van der Waals surface area contributed by atoms with E-state index in [0.717, 1.165) is 0 Å². The fourth-order valence-corrected chi connectivity index (χ4v) is 3.61. The molecule has 6 nitrogen and oxygen atoms in total. The molecule has 3 aromatic carbocycles. The third-order valence-corrected chi connectivity index (χ3v) is 4.89. The summed E-state index contributed by atoms with van der Waals surface area (Å²) < 4.78 is 10.8. The Morgan fingerprint density at radius 1 is 0.897 bits per heavy atom. The number of carbonyl (C=O) groups is 2. The van der Waals surface area contributed by atoms with Crippen LogP contribution < -0.4 is 19.7 Å². The van der Waals surface area contributed by atoms with E-state index >= 15 is 0 Å². The van der Waals surface area contributed by atoms with Gasteiger partial charge in [-0.2, -0.15) is 0 Å². The number of amides is 2. The number of methoxy groups -OCH3 is 2. The van der Waals surface area contributed by atoms with E-state index in [1.807, 2.05) is 36.4 Å². The third kappa shape index (κ3) is 3.18. The van der Waals surface area contributed by atoms with Gasteiger partial charge in [0.2, 0.25) is 0 Å². The Morgan fingerprint density at radius 3 is 2.17 bits per heavy atom. The van der Waals surface area contributed by atoms with Crippen LogP contribution in [0.5, 0.6) is 11.5 Å². The second-order valence-corrected chi connectivity index (χ2v) is 6.53. The number of benzene rings is 3. The molecule has 1 atom stereocenters. The molecule has 0 aromatic heterocycles. The standard InChI is InChI=1S/C23H20N2O4/c1-28-18-14-13-17-19(21(18)29-2)23(27)25(16-11-7-4-8-12-16)20(17)22(26)24-15-9-5-3-6-10-15/h3-14,20H,1-2H3,(H,24,26). The molecule has 6 heteroatoms. The van der Waals surface area contributed by atoms with Gasteiger partial charge in [-0.25, -0.2) is 0 Å². The van der Waals surface area contributed by atoms with Crippen molar-refractivity contribution in [1.29, 1.82) is 0 Å². The second kappa shape index (κ2) is 7.67. The molecule has 1 heterocycles. The maximum atomic E-state index is 13.4. The molecule has 3 aromatic rings. The summed E-state index contributed by atoms with van der Waals surface area (Å²) in [5, 5.41) is 2.91. The normalized spacial score (nSPS) is 15.0. The molecule has 1 aliphatic rings. The maximum Gasteiger partial charge on any atom is 0.263 e. The highest BCUT2D eigenvalue weighted by Gasteiger charge is 2.44. The zero-order valence-electron chi connectivity index (χ0n) is 16.1. The van der Waals surface area contributed by atoms with Gasteiger partial charge < -0.3 is 14.8 Å². The Morgan fingerprint density at radius 2 is 1.55 bits per heavy atom. The fraction of sp³-hybridized carbons (Fsp3) is 0.130. The molecule has 0 saturated carbocycles. The fourth-order valence-electron chi connectivity index (χ4n) is 3.61. The van der Waals surface area contributed by atoms with E-state index in [9.17, 15) is 9.59 Å². The summed E-state index contributed by atoms with van der Waals surface area (Å²) in [6.45, 7) is 0. The van der Waals surface area contributed by atoms with Crippen LogP contribution in [0.4, 0.5) is 11.4 Å². The van der Waals surface area contributed by atoms with Crippen molar-refractivity contribution in [2.45, 2.75) is 6.04 Å². The van der Waals surface area contributed by atoms with Gasteiger partial charge in [0.15, 0.2) is 11.5 Å². The quantitative estimate of drug-likeness (QED) is 0.716. The summed E-state index contributed by atoms with van der Waals surface area (Å²) >= 11 is 0. The highest BCUT2D eigenvalue weighted by atomic mass is 16.5. The van der Waals surface area contributed by atoms with Crippen LogP contribution in [0.15, 0.2) is 72.8 Å². The minimum Gasteiger partial charge on any atom is -0.493 e. The van der Waals surface area contributed by atoms with Gasteiger partial charge in [-0.05, 0) is 30.3 Å². The molecule has 0 bridgehead atoms. The molecule has 0 aliphatic carbocycles. The van der Waals surface area contributed by atoms with Crippen molar-refractivity contribution in [1.82, 2.24) is 0 Å². The summed E-state index contributed by atoms with van der Waals surface area (Å²) in [6, 6.07) is 20.9. The average molecular weight is 388 g/mol. The van der Waals surface area contributed by atoms with E-state index in [-0.39, 0.29) is 11.8 Å². The second-order valence-electron chi connectivity index (χ2n) is 6.53. The van der Waals surface area contributed by atoms with Crippen molar-refractivity contribution in [3.8, 4) is 11.5 Å². The van der Waals surface area contributed by atoms with Crippen LogP contribution in [-0.2, 0) is 4.79 Å². The van der Waals surface area contributed by atoms with Gasteiger partial charge in [0.1, 0.15) is 6.04 Å². The largest absolute Gasteiger partial charge is 0.493 e. The predicted molar refractivity (Wildman–Crippen MR) is 111 cm³/mol. The van der Waals surface area contributed by atoms with Crippen molar-refractivity contribution in [2.75, 3.05) is 24.4 Å². The number of hydrogen-bond donors (Lipinski definition) is 1. The molecule has 0 radical (unpaired) electrons. The SMILES string of the molecule is COc1ccc2c(c1OC)C(=O)N(c1ccccc1)C2C(=O)Nc1ccccc1. The van der Waals surface area contributed by atoms with Crippen molar-refractivity contribution in [3.63, 3.8) is 0 Å². The first-order valence-corrected chi connectivity index (χ1v) is 9.15. The van der Waals surface area contributed by atoms with Gasteiger partial charge in [-0.15, -0.1) is 0 Å². The zero-order valence-corrected chi connectivity index (χ0v) is 16.1. The number of para-hydroxylation sites is 2. The summed E-state index contributed by atoms with van der Waals surface area (Å²) in [5.41, 5.74) is 2.20. The van der Waals surface area contributed by atoms with Gasteiger partial charge in [0.25, 0.3) is 11.8 Å². The van der Waals surface area contributed by atoms with Crippen molar-refractivity contribution >= 4 is 23.2 Å². The minimum absolute atomic E-state index is 0.306. The van der Waals surface area contributed by atoms with Crippen LogP contribution in [0.1, 0.15) is 22.0 Å². The molecule has 4 rings (SSSR count). The van der Waals surface area contributed by atoms with Crippen LogP contribution >= 0.6 is 0 Å².